The zero-order chi connectivity index (χ0) is 22.6. The number of nitrogens with one attached hydrogen (secondary N) is 1. The van der Waals surface area contributed by atoms with Crippen molar-refractivity contribution in [1.29, 1.82) is 0 Å². The lowest BCUT2D eigenvalue weighted by atomic mass is 10.2. The Morgan fingerprint density at radius 1 is 1.13 bits per heavy atom. The minimum absolute atomic E-state index is 0.00585. The van der Waals surface area contributed by atoms with Crippen LogP contribution in [0.3, 0.4) is 0 Å². The van der Waals surface area contributed by atoms with Crippen LogP contribution in [0.15, 0.2) is 41.3 Å². The molecule has 0 heterocycles. The molecule has 0 unspecified atom stereocenters. The molecule has 6 nitrogen and oxygen atoms in total. The Hall–Kier alpha value is -2.16. The van der Waals surface area contributed by atoms with Gasteiger partial charge in [-0.25, -0.2) is 12.8 Å². The highest BCUT2D eigenvalue weighted by atomic mass is 35.5. The predicted octanol–water partition coefficient (Wildman–Crippen LogP) is 4.61. The van der Waals surface area contributed by atoms with Crippen molar-refractivity contribution in [3.05, 3.63) is 52.8 Å². The maximum absolute atomic E-state index is 14.5. The molecule has 0 saturated carbocycles. The van der Waals surface area contributed by atoms with Gasteiger partial charge < -0.3 is 10.2 Å². The van der Waals surface area contributed by atoms with Gasteiger partial charge in [0.1, 0.15) is 5.82 Å². The van der Waals surface area contributed by atoms with Crippen molar-refractivity contribution in [2.75, 3.05) is 30.4 Å². The molecule has 164 valence electrons. The number of hydrogen-bond acceptors (Lipinski definition) is 4. The van der Waals surface area contributed by atoms with E-state index in [9.17, 15) is 17.6 Å². The zero-order valence-electron chi connectivity index (χ0n) is 17.7. The average Bonchev–Trinajstić information content (AvgIpc) is 2.68. The van der Waals surface area contributed by atoms with E-state index in [-0.39, 0.29) is 27.2 Å². The Labute approximate surface area is 182 Å². The van der Waals surface area contributed by atoms with Gasteiger partial charge in [-0.05, 0) is 50.2 Å². The Balaban J connectivity index is 2.33. The van der Waals surface area contributed by atoms with Crippen LogP contribution in [-0.2, 0) is 10.0 Å². The van der Waals surface area contributed by atoms with Crippen molar-refractivity contribution in [3.8, 4) is 0 Å². The highest BCUT2D eigenvalue weighted by Gasteiger charge is 2.24. The number of carbonyl (C=O) groups excluding carboxylic acids is 1. The SMILES string of the molecule is CCN(CC)S(=O)(=O)c1ccc(Cl)c(C(=O)Nc2ccc(N(C)C(C)C)c(F)c2)c1. The molecule has 0 aromatic heterocycles. The number of anilines is 2. The molecule has 0 spiro atoms. The van der Waals surface area contributed by atoms with E-state index in [1.807, 2.05) is 13.8 Å². The van der Waals surface area contributed by atoms with Crippen LogP contribution in [0.25, 0.3) is 0 Å². The highest BCUT2D eigenvalue weighted by Crippen LogP contribution is 2.26. The largest absolute Gasteiger partial charge is 0.370 e. The van der Waals surface area contributed by atoms with Crippen LogP contribution in [0.2, 0.25) is 5.02 Å². The van der Waals surface area contributed by atoms with Gasteiger partial charge in [0.15, 0.2) is 0 Å². The number of carbonyl (C=O) groups is 1. The fraction of sp³-hybridized carbons (Fsp3) is 0.381. The summed E-state index contributed by atoms with van der Waals surface area (Å²) in [5.41, 5.74) is 0.647. The van der Waals surface area contributed by atoms with Gasteiger partial charge in [0, 0.05) is 31.9 Å². The van der Waals surface area contributed by atoms with E-state index in [0.29, 0.717) is 18.8 Å². The second-order valence-electron chi connectivity index (χ2n) is 7.06. The molecule has 9 heteroatoms. The number of rotatable bonds is 8. The molecule has 2 aromatic rings. The van der Waals surface area contributed by atoms with Crippen LogP contribution in [0.4, 0.5) is 15.8 Å². The van der Waals surface area contributed by atoms with Gasteiger partial charge in [0.05, 0.1) is 21.2 Å². The molecule has 0 aliphatic heterocycles. The standard InChI is InChI=1S/C21H27ClFN3O3S/c1-6-26(7-2)30(28,29)16-9-10-18(22)17(13-16)21(27)24-15-8-11-20(19(23)12-15)25(5)14(3)4/h8-14H,6-7H2,1-5H3,(H,24,27). The fourth-order valence-corrected chi connectivity index (χ4v) is 4.59. The Morgan fingerprint density at radius 3 is 2.30 bits per heavy atom. The summed E-state index contributed by atoms with van der Waals surface area (Å²) in [6.07, 6.45) is 0. The van der Waals surface area contributed by atoms with Gasteiger partial charge in [-0.2, -0.15) is 4.31 Å². The van der Waals surface area contributed by atoms with E-state index in [0.717, 1.165) is 0 Å². The van der Waals surface area contributed by atoms with Gasteiger partial charge in [0.25, 0.3) is 5.91 Å². The topological polar surface area (TPSA) is 69.7 Å². The van der Waals surface area contributed by atoms with Crippen molar-refractivity contribution >= 4 is 38.9 Å². The van der Waals surface area contributed by atoms with E-state index in [1.54, 1.807) is 37.9 Å². The molecular formula is C21H27ClFN3O3S. The number of nitrogens with zero attached hydrogens (tertiary/aromatic N) is 2. The molecular weight excluding hydrogens is 429 g/mol. The monoisotopic (exact) mass is 455 g/mol. The lowest BCUT2D eigenvalue weighted by molar-refractivity contribution is 0.102. The van der Waals surface area contributed by atoms with Crippen molar-refractivity contribution in [1.82, 2.24) is 4.31 Å². The fourth-order valence-electron chi connectivity index (χ4n) is 2.90. The smallest absolute Gasteiger partial charge is 0.257 e. The molecule has 2 rings (SSSR count). The third-order valence-electron chi connectivity index (χ3n) is 4.89. The molecule has 0 aliphatic carbocycles. The summed E-state index contributed by atoms with van der Waals surface area (Å²) in [7, 11) is -1.97. The Kier molecular flexibility index (Phi) is 7.85. The summed E-state index contributed by atoms with van der Waals surface area (Å²) >= 11 is 6.14. The molecule has 1 amide bonds. The second-order valence-corrected chi connectivity index (χ2v) is 9.40. The van der Waals surface area contributed by atoms with Crippen molar-refractivity contribution < 1.29 is 17.6 Å². The van der Waals surface area contributed by atoms with E-state index in [1.165, 1.54) is 28.6 Å². The van der Waals surface area contributed by atoms with Gasteiger partial charge >= 0.3 is 0 Å². The second kappa shape index (κ2) is 9.76. The van der Waals surface area contributed by atoms with E-state index in [2.05, 4.69) is 5.32 Å². The maximum atomic E-state index is 14.5. The van der Waals surface area contributed by atoms with Crippen LogP contribution in [0.1, 0.15) is 38.1 Å². The van der Waals surface area contributed by atoms with Gasteiger partial charge in [0.2, 0.25) is 10.0 Å². The molecule has 0 fully saturated rings. The van der Waals surface area contributed by atoms with Crippen molar-refractivity contribution in [2.45, 2.75) is 38.6 Å². The van der Waals surface area contributed by atoms with Crippen LogP contribution < -0.4 is 10.2 Å². The number of halogens is 2. The number of sulfonamides is 1. The quantitative estimate of drug-likeness (QED) is 0.631. The summed E-state index contributed by atoms with van der Waals surface area (Å²) in [6, 6.07) is 8.46. The normalized spacial score (nSPS) is 11.8. The predicted molar refractivity (Wildman–Crippen MR) is 119 cm³/mol. The van der Waals surface area contributed by atoms with Gasteiger partial charge in [-0.15, -0.1) is 0 Å². The first-order valence-corrected chi connectivity index (χ1v) is 11.5. The summed E-state index contributed by atoms with van der Waals surface area (Å²) in [5, 5.41) is 2.68. The summed E-state index contributed by atoms with van der Waals surface area (Å²) in [5.74, 6) is -1.10. The number of hydrogen-bond donors (Lipinski definition) is 1. The maximum Gasteiger partial charge on any atom is 0.257 e. The van der Waals surface area contributed by atoms with Gasteiger partial charge in [-0.1, -0.05) is 25.4 Å². The third-order valence-corrected chi connectivity index (χ3v) is 7.26. The van der Waals surface area contributed by atoms with Crippen LogP contribution in [0, 0.1) is 5.82 Å². The Bertz CT molecular complexity index is 1020. The van der Waals surface area contributed by atoms with Crippen molar-refractivity contribution in [3.63, 3.8) is 0 Å². The zero-order valence-corrected chi connectivity index (χ0v) is 19.3. The number of benzene rings is 2. The molecule has 30 heavy (non-hydrogen) atoms. The average molecular weight is 456 g/mol. The van der Waals surface area contributed by atoms with Crippen LogP contribution in [-0.4, -0.2) is 44.8 Å². The molecule has 1 N–H and O–H groups in total. The van der Waals surface area contributed by atoms with E-state index >= 15 is 0 Å². The van der Waals surface area contributed by atoms with Gasteiger partial charge in [-0.3, -0.25) is 4.79 Å². The van der Waals surface area contributed by atoms with Crippen LogP contribution in [0.5, 0.6) is 0 Å². The third kappa shape index (κ3) is 5.11. The van der Waals surface area contributed by atoms with E-state index < -0.39 is 21.7 Å². The van der Waals surface area contributed by atoms with Crippen LogP contribution >= 0.6 is 11.6 Å². The first kappa shape index (κ1) is 24.1. The molecule has 2 aromatic carbocycles. The first-order valence-electron chi connectivity index (χ1n) is 9.66. The summed E-state index contributed by atoms with van der Waals surface area (Å²) in [6.45, 7) is 7.96. The number of amides is 1. The molecule has 0 atom stereocenters. The lowest BCUT2D eigenvalue weighted by Gasteiger charge is -2.24. The Morgan fingerprint density at radius 2 is 1.77 bits per heavy atom. The minimum atomic E-state index is -3.75. The molecule has 0 aliphatic rings. The van der Waals surface area contributed by atoms with E-state index in [4.69, 9.17) is 11.6 Å². The lowest BCUT2D eigenvalue weighted by Crippen LogP contribution is -2.30. The molecule has 0 radical (unpaired) electrons. The summed E-state index contributed by atoms with van der Waals surface area (Å²) in [4.78, 5) is 14.5. The highest BCUT2D eigenvalue weighted by molar-refractivity contribution is 7.89. The molecule has 0 saturated heterocycles. The van der Waals surface area contributed by atoms with Crippen molar-refractivity contribution in [2.24, 2.45) is 0 Å². The first-order chi connectivity index (χ1) is 14.0. The minimum Gasteiger partial charge on any atom is -0.370 e. The summed E-state index contributed by atoms with van der Waals surface area (Å²) < 4.78 is 41.2. The molecule has 0 bridgehead atoms.